The van der Waals surface area contributed by atoms with Gasteiger partial charge in [0.2, 0.25) is 10.4 Å². The molecule has 1 N–H and O–H groups in total. The monoisotopic (exact) mass is 250 g/mol. The van der Waals surface area contributed by atoms with E-state index in [2.05, 4.69) is 0 Å². The third-order valence-electron chi connectivity index (χ3n) is 0. The fourth-order valence-corrected chi connectivity index (χ4v) is 0. The predicted molar refractivity (Wildman–Crippen MR) is 12.3 cm³/mol. The van der Waals surface area contributed by atoms with E-state index in [1.807, 2.05) is 0 Å². The predicted octanol–water partition coefficient (Wildman–Crippen LogP) is -0.995. The molecule has 0 aliphatic heterocycles. The minimum atomic E-state index is -4.92. The second-order valence-corrected chi connectivity index (χ2v) is 1.28. The fraction of sp³-hybridized carbons (Fsp3) is 0. The zero-order valence-electron chi connectivity index (χ0n) is 2.46. The molecule has 0 bridgehead atoms. The molecule has 0 fully saturated rings. The first kappa shape index (κ1) is 10.4. The Morgan fingerprint density at radius 2 is 1.50 bits per heavy atom. The van der Waals surface area contributed by atoms with Crippen LogP contribution in [0.4, 0.5) is 0 Å². The van der Waals surface area contributed by atoms with Crippen LogP contribution in [0.3, 0.4) is 0 Å². The van der Waals surface area contributed by atoms with E-state index in [0.717, 1.165) is 0 Å². The summed E-state index contributed by atoms with van der Waals surface area (Å²) >= 11 is 0. The van der Waals surface area contributed by atoms with E-state index >= 15 is 0 Å². The van der Waals surface area contributed by atoms with Crippen molar-refractivity contribution in [2.45, 2.75) is 0 Å². The van der Waals surface area contributed by atoms with Crippen LogP contribution >= 0.6 is 0 Å². The largest absolute Gasteiger partial charge is 0.726 e. The molecular weight excluding hydrogens is 248 g/mol. The number of hydrogen-bond acceptors (Lipinski definition) is 3. The minimum Gasteiger partial charge on any atom is -0.726 e. The SMILES string of the molecule is O=S(=O)([O-])O.[Eu]. The molecule has 4 nitrogen and oxygen atoms in total. The first-order chi connectivity index (χ1) is 2.00. The van der Waals surface area contributed by atoms with E-state index < -0.39 is 10.4 Å². The quantitative estimate of drug-likeness (QED) is 0.441. The Kier molecular flexibility index (Phi) is 6.01. The molecular formula is HEuO4S-. The molecule has 0 aromatic heterocycles. The van der Waals surface area contributed by atoms with Gasteiger partial charge in [0.1, 0.15) is 0 Å². The molecule has 0 aromatic rings. The molecule has 0 rings (SSSR count). The topological polar surface area (TPSA) is 77.4 Å². The van der Waals surface area contributed by atoms with Crippen molar-refractivity contribution >= 4 is 10.4 Å². The van der Waals surface area contributed by atoms with Crippen LogP contribution in [0.15, 0.2) is 0 Å². The van der Waals surface area contributed by atoms with Crippen molar-refractivity contribution in [2.24, 2.45) is 0 Å². The van der Waals surface area contributed by atoms with Gasteiger partial charge in [0.25, 0.3) is 0 Å². The van der Waals surface area contributed by atoms with Gasteiger partial charge in [-0.05, 0) is 0 Å². The van der Waals surface area contributed by atoms with Gasteiger partial charge in [-0.1, -0.05) is 0 Å². The number of hydrogen-bond donors (Lipinski definition) is 1. The van der Waals surface area contributed by atoms with Crippen LogP contribution in [0.25, 0.3) is 0 Å². The molecule has 0 heterocycles. The van der Waals surface area contributed by atoms with E-state index in [0.29, 0.717) is 0 Å². The maximum Gasteiger partial charge on any atom is 0.215 e. The molecule has 0 saturated carbocycles. The first-order valence-electron chi connectivity index (χ1n) is 0.683. The van der Waals surface area contributed by atoms with Crippen molar-refractivity contribution in [1.29, 1.82) is 0 Å². The molecule has 0 amide bonds. The normalized spacial score (nSPS) is 9.67. The summed E-state index contributed by atoms with van der Waals surface area (Å²) in [4.78, 5) is 0. The summed E-state index contributed by atoms with van der Waals surface area (Å²) in [7, 11) is -4.92. The summed E-state index contributed by atoms with van der Waals surface area (Å²) in [5, 5.41) is 0. The average molecular weight is 249 g/mol. The van der Waals surface area contributed by atoms with Crippen LogP contribution in [0.5, 0.6) is 0 Å². The molecule has 0 aliphatic rings. The first-order valence-corrected chi connectivity index (χ1v) is 2.05. The molecule has 1 radical (unpaired) electrons. The van der Waals surface area contributed by atoms with E-state index in [4.69, 9.17) is 17.5 Å². The summed E-state index contributed by atoms with van der Waals surface area (Å²) in [6.45, 7) is 0. The van der Waals surface area contributed by atoms with Gasteiger partial charge in [-0.15, -0.1) is 0 Å². The molecule has 0 unspecified atom stereocenters. The molecule has 0 atom stereocenters. The van der Waals surface area contributed by atoms with Crippen molar-refractivity contribution in [3.05, 3.63) is 0 Å². The van der Waals surface area contributed by atoms with Crippen LogP contribution in [0.1, 0.15) is 0 Å². The molecule has 0 aliphatic carbocycles. The minimum absolute atomic E-state index is 0. The molecule has 39 valence electrons. The third kappa shape index (κ3) is 51.2. The smallest absolute Gasteiger partial charge is 0.215 e. The zero-order chi connectivity index (χ0) is 4.50. The maximum absolute atomic E-state index is 8.63. The molecule has 0 aromatic carbocycles. The maximum atomic E-state index is 8.63. The van der Waals surface area contributed by atoms with E-state index in [1.54, 1.807) is 0 Å². The van der Waals surface area contributed by atoms with Crippen molar-refractivity contribution in [2.75, 3.05) is 0 Å². The standard InChI is InChI=1S/Eu.H2O4S/c;1-5(2,3)4/h;(H2,1,2,3,4)/p-1. The Balaban J connectivity index is 0. The Morgan fingerprint density at radius 3 is 1.50 bits per heavy atom. The van der Waals surface area contributed by atoms with Crippen LogP contribution in [0.2, 0.25) is 0 Å². The van der Waals surface area contributed by atoms with Crippen molar-refractivity contribution in [3.63, 3.8) is 0 Å². The van der Waals surface area contributed by atoms with Crippen LogP contribution in [-0.4, -0.2) is 17.5 Å². The fourth-order valence-electron chi connectivity index (χ4n) is 0. The zero-order valence-corrected chi connectivity index (χ0v) is 5.70. The molecule has 0 spiro atoms. The van der Waals surface area contributed by atoms with Gasteiger partial charge < -0.3 is 4.55 Å². The van der Waals surface area contributed by atoms with Gasteiger partial charge in [0, 0.05) is 49.4 Å². The van der Waals surface area contributed by atoms with Gasteiger partial charge in [0.15, 0.2) is 0 Å². The second-order valence-electron chi connectivity index (χ2n) is 0.428. The van der Waals surface area contributed by atoms with Crippen LogP contribution in [-0.2, 0) is 10.4 Å². The third-order valence-corrected chi connectivity index (χ3v) is 0. The molecule has 6 heavy (non-hydrogen) atoms. The summed E-state index contributed by atoms with van der Waals surface area (Å²) in [5.41, 5.74) is 0. The van der Waals surface area contributed by atoms with Crippen molar-refractivity contribution in [1.82, 2.24) is 0 Å². The molecule has 6 heteroatoms. The summed E-state index contributed by atoms with van der Waals surface area (Å²) in [6.07, 6.45) is 0. The van der Waals surface area contributed by atoms with Crippen LogP contribution in [0, 0.1) is 49.4 Å². The number of rotatable bonds is 0. The van der Waals surface area contributed by atoms with E-state index in [1.165, 1.54) is 0 Å². The van der Waals surface area contributed by atoms with Crippen molar-refractivity contribution < 1.29 is 66.9 Å². The van der Waals surface area contributed by atoms with Crippen molar-refractivity contribution in [3.8, 4) is 0 Å². The Bertz CT molecular complexity index is 90.7. The molecule has 0 saturated heterocycles. The van der Waals surface area contributed by atoms with Gasteiger partial charge in [-0.3, -0.25) is 4.55 Å². The van der Waals surface area contributed by atoms with Gasteiger partial charge >= 0.3 is 0 Å². The summed E-state index contributed by atoms with van der Waals surface area (Å²) < 4.78 is 32.8. The second kappa shape index (κ2) is 3.46. The van der Waals surface area contributed by atoms with Gasteiger partial charge in [-0.2, -0.15) is 0 Å². The van der Waals surface area contributed by atoms with E-state index in [-0.39, 0.29) is 49.4 Å². The Hall–Kier alpha value is 1.45. The van der Waals surface area contributed by atoms with Gasteiger partial charge in [-0.25, -0.2) is 8.42 Å². The summed E-state index contributed by atoms with van der Waals surface area (Å²) in [5.74, 6) is 0. The Labute approximate surface area is 76.0 Å². The average Bonchev–Trinajstić information content (AvgIpc) is 0.722. The van der Waals surface area contributed by atoms with Crippen LogP contribution < -0.4 is 0 Å². The Morgan fingerprint density at radius 1 is 1.50 bits per heavy atom. The summed E-state index contributed by atoms with van der Waals surface area (Å²) in [6, 6.07) is 0. The van der Waals surface area contributed by atoms with Gasteiger partial charge in [0.05, 0.1) is 0 Å². The van der Waals surface area contributed by atoms with E-state index in [9.17, 15) is 0 Å².